The molecule has 0 spiro atoms. The Morgan fingerprint density at radius 3 is 1.37 bits per heavy atom. The predicted molar refractivity (Wildman–Crippen MR) is 166 cm³/mol. The van der Waals surface area contributed by atoms with Crippen LogP contribution in [-0.2, 0) is 9.47 Å². The van der Waals surface area contributed by atoms with Crippen LogP contribution in [0.3, 0.4) is 0 Å². The molecule has 0 amide bonds. The van der Waals surface area contributed by atoms with Gasteiger partial charge >= 0.3 is 0 Å². The van der Waals surface area contributed by atoms with Crippen molar-refractivity contribution in [2.24, 2.45) is 0 Å². The number of rotatable bonds is 30. The molecule has 0 heterocycles. The van der Waals surface area contributed by atoms with Gasteiger partial charge in [0.2, 0.25) is 0 Å². The molecule has 0 aromatic carbocycles. The number of halogens is 1. The highest BCUT2D eigenvalue weighted by atomic mass is 127. The van der Waals surface area contributed by atoms with Gasteiger partial charge < -0.3 is 9.47 Å². The van der Waals surface area contributed by atoms with Crippen LogP contribution < -0.4 is 0 Å². The fraction of sp³-hybridized carbons (Fsp3) is 0.938. The summed E-state index contributed by atoms with van der Waals surface area (Å²) in [6.07, 6.45) is 36.5. The lowest BCUT2D eigenvalue weighted by Gasteiger charge is -2.19. The van der Waals surface area contributed by atoms with Crippen molar-refractivity contribution in [2.45, 2.75) is 174 Å². The predicted octanol–water partition coefficient (Wildman–Crippen LogP) is 11.7. The molecule has 0 aromatic rings. The Hall–Kier alpha value is 0.390. The maximum absolute atomic E-state index is 6.20. The first-order valence-electron chi connectivity index (χ1n) is 15.8. The first-order chi connectivity index (χ1) is 17.3. The van der Waals surface area contributed by atoms with E-state index in [1.165, 1.54) is 152 Å². The minimum atomic E-state index is 0.0320. The summed E-state index contributed by atoms with van der Waals surface area (Å²) >= 11 is 2.44. The van der Waals surface area contributed by atoms with Gasteiger partial charge in [0.05, 0.1) is 0 Å². The lowest BCUT2D eigenvalue weighted by atomic mass is 10.1. The molecule has 0 N–H and O–H groups in total. The third-order valence-corrected chi connectivity index (χ3v) is 7.48. The van der Waals surface area contributed by atoms with Crippen molar-refractivity contribution in [3.05, 3.63) is 12.2 Å². The quantitative estimate of drug-likeness (QED) is 0.0266. The number of hydrogen-bond donors (Lipinski definition) is 0. The Balaban J connectivity index is 3.85. The summed E-state index contributed by atoms with van der Waals surface area (Å²) in [4.78, 5) is 0. The maximum Gasteiger partial charge on any atom is 0.157 e. The van der Waals surface area contributed by atoms with E-state index in [0.717, 1.165) is 19.6 Å². The Bertz CT molecular complexity index is 379. The smallest absolute Gasteiger partial charge is 0.157 e. The van der Waals surface area contributed by atoms with Crippen molar-refractivity contribution < 1.29 is 9.47 Å². The zero-order chi connectivity index (χ0) is 25.5. The SMILES string of the molecule is CCCCCCCCCOC(CCCCCCCCC/C=C\CCI)OCCCCCCCCC. The summed E-state index contributed by atoms with van der Waals surface area (Å²) in [6.45, 7) is 6.33. The third kappa shape index (κ3) is 30.5. The minimum absolute atomic E-state index is 0.0320. The van der Waals surface area contributed by atoms with Crippen molar-refractivity contribution in [1.29, 1.82) is 0 Å². The van der Waals surface area contributed by atoms with E-state index in [1.54, 1.807) is 0 Å². The van der Waals surface area contributed by atoms with Gasteiger partial charge in [0.25, 0.3) is 0 Å². The molecular formula is C32H63IO2. The second-order valence-corrected chi connectivity index (χ2v) is 11.5. The van der Waals surface area contributed by atoms with Crippen molar-refractivity contribution in [1.82, 2.24) is 0 Å². The van der Waals surface area contributed by atoms with Crippen LogP contribution in [0.15, 0.2) is 12.2 Å². The Morgan fingerprint density at radius 2 is 0.886 bits per heavy atom. The molecule has 0 aliphatic carbocycles. The van der Waals surface area contributed by atoms with Gasteiger partial charge in [-0.2, -0.15) is 0 Å². The summed E-state index contributed by atoms with van der Waals surface area (Å²) in [7, 11) is 0. The van der Waals surface area contributed by atoms with E-state index >= 15 is 0 Å². The molecule has 2 nitrogen and oxygen atoms in total. The van der Waals surface area contributed by atoms with E-state index in [9.17, 15) is 0 Å². The lowest BCUT2D eigenvalue weighted by molar-refractivity contribution is -0.148. The van der Waals surface area contributed by atoms with E-state index in [-0.39, 0.29) is 6.29 Å². The molecule has 0 fully saturated rings. The van der Waals surface area contributed by atoms with Gasteiger partial charge in [-0.1, -0.05) is 158 Å². The average molecular weight is 607 g/mol. The van der Waals surface area contributed by atoms with E-state index in [2.05, 4.69) is 48.6 Å². The van der Waals surface area contributed by atoms with Gasteiger partial charge in [-0.15, -0.1) is 0 Å². The second kappa shape index (κ2) is 32.4. The first-order valence-corrected chi connectivity index (χ1v) is 17.3. The van der Waals surface area contributed by atoms with Crippen LogP contribution in [0.1, 0.15) is 168 Å². The van der Waals surface area contributed by atoms with Crippen LogP contribution in [0.5, 0.6) is 0 Å². The van der Waals surface area contributed by atoms with Crippen molar-refractivity contribution in [3.63, 3.8) is 0 Å². The molecule has 0 saturated heterocycles. The van der Waals surface area contributed by atoms with Gasteiger partial charge in [0, 0.05) is 17.6 Å². The third-order valence-electron chi connectivity index (χ3n) is 6.86. The normalized spacial score (nSPS) is 11.9. The molecular weight excluding hydrogens is 543 g/mol. The summed E-state index contributed by atoms with van der Waals surface area (Å²) in [5, 5.41) is 0. The fourth-order valence-electron chi connectivity index (χ4n) is 4.52. The number of ether oxygens (including phenoxy) is 2. The van der Waals surface area contributed by atoms with Crippen LogP contribution in [0.4, 0.5) is 0 Å². The van der Waals surface area contributed by atoms with Gasteiger partial charge in [0.1, 0.15) is 0 Å². The largest absolute Gasteiger partial charge is 0.353 e. The van der Waals surface area contributed by atoms with Gasteiger partial charge in [-0.25, -0.2) is 0 Å². The molecule has 35 heavy (non-hydrogen) atoms. The zero-order valence-electron chi connectivity index (χ0n) is 24.0. The van der Waals surface area contributed by atoms with Crippen molar-refractivity contribution >= 4 is 22.6 Å². The zero-order valence-corrected chi connectivity index (χ0v) is 26.2. The van der Waals surface area contributed by atoms with Crippen LogP contribution in [-0.4, -0.2) is 23.9 Å². The molecule has 210 valence electrons. The Labute approximate surface area is 235 Å². The summed E-state index contributed by atoms with van der Waals surface area (Å²) < 4.78 is 13.6. The lowest BCUT2D eigenvalue weighted by Crippen LogP contribution is -2.19. The van der Waals surface area contributed by atoms with Crippen LogP contribution in [0.2, 0.25) is 0 Å². The van der Waals surface area contributed by atoms with E-state index in [4.69, 9.17) is 9.47 Å². The van der Waals surface area contributed by atoms with Gasteiger partial charge in [0.15, 0.2) is 6.29 Å². The number of unbranched alkanes of at least 4 members (excludes halogenated alkanes) is 19. The van der Waals surface area contributed by atoms with E-state index in [1.807, 2.05) is 0 Å². The van der Waals surface area contributed by atoms with Gasteiger partial charge in [-0.3, -0.25) is 0 Å². The van der Waals surface area contributed by atoms with Crippen LogP contribution >= 0.6 is 22.6 Å². The molecule has 0 unspecified atom stereocenters. The average Bonchev–Trinajstić information content (AvgIpc) is 2.87. The minimum Gasteiger partial charge on any atom is -0.353 e. The Morgan fingerprint density at radius 1 is 0.486 bits per heavy atom. The van der Waals surface area contributed by atoms with E-state index < -0.39 is 0 Å². The first kappa shape index (κ1) is 35.4. The molecule has 3 heteroatoms. The van der Waals surface area contributed by atoms with Gasteiger partial charge in [-0.05, 0) is 44.9 Å². The van der Waals surface area contributed by atoms with Crippen LogP contribution in [0, 0.1) is 0 Å². The number of alkyl halides is 1. The topological polar surface area (TPSA) is 18.5 Å². The number of hydrogen-bond acceptors (Lipinski definition) is 2. The Kier molecular flexibility index (Phi) is 32.8. The molecule has 0 radical (unpaired) electrons. The molecule has 0 aromatic heterocycles. The summed E-state index contributed by atoms with van der Waals surface area (Å²) in [6, 6.07) is 0. The number of allylic oxidation sites excluding steroid dienone is 2. The molecule has 0 aliphatic heterocycles. The molecule has 0 rings (SSSR count). The molecule has 0 aliphatic rings. The highest BCUT2D eigenvalue weighted by molar-refractivity contribution is 14.1. The highest BCUT2D eigenvalue weighted by Crippen LogP contribution is 2.15. The van der Waals surface area contributed by atoms with Crippen LogP contribution in [0.25, 0.3) is 0 Å². The summed E-state index contributed by atoms with van der Waals surface area (Å²) in [5.41, 5.74) is 0. The monoisotopic (exact) mass is 606 g/mol. The molecule has 0 bridgehead atoms. The maximum atomic E-state index is 6.20. The summed E-state index contributed by atoms with van der Waals surface area (Å²) in [5.74, 6) is 0. The molecule has 0 saturated carbocycles. The van der Waals surface area contributed by atoms with Crippen molar-refractivity contribution in [3.8, 4) is 0 Å². The fourth-order valence-corrected chi connectivity index (χ4v) is 4.88. The highest BCUT2D eigenvalue weighted by Gasteiger charge is 2.09. The molecule has 0 atom stereocenters. The second-order valence-electron chi connectivity index (χ2n) is 10.4. The van der Waals surface area contributed by atoms with Crippen molar-refractivity contribution in [2.75, 3.05) is 17.6 Å². The van der Waals surface area contributed by atoms with E-state index in [0.29, 0.717) is 0 Å². The standard InChI is InChI=1S/C32H63IO2/c1-3-5-7-9-18-22-26-30-34-32(35-31-27-23-19-10-8-6-4-2)28-24-20-16-14-12-11-13-15-17-21-25-29-33/h17,21,32H,3-16,18-20,22-31H2,1-2H3/b21-17-.